The van der Waals surface area contributed by atoms with Crippen LogP contribution in [0.2, 0.25) is 5.02 Å². The molecule has 0 aliphatic rings. The molecule has 0 aliphatic carbocycles. The van der Waals surface area contributed by atoms with Gasteiger partial charge in [0.15, 0.2) is 0 Å². The summed E-state index contributed by atoms with van der Waals surface area (Å²) >= 11 is 6.03. The van der Waals surface area contributed by atoms with Gasteiger partial charge < -0.3 is 10.6 Å². The summed E-state index contributed by atoms with van der Waals surface area (Å²) in [6.07, 6.45) is 3.64. The number of anilines is 2. The van der Waals surface area contributed by atoms with E-state index < -0.39 is 0 Å². The van der Waals surface area contributed by atoms with E-state index in [0.29, 0.717) is 16.4 Å². The van der Waals surface area contributed by atoms with Crippen LogP contribution in [0.25, 0.3) is 0 Å². The van der Waals surface area contributed by atoms with E-state index in [2.05, 4.69) is 22.5 Å². The number of halogens is 1. The molecule has 2 aromatic rings. The van der Waals surface area contributed by atoms with Crippen LogP contribution in [-0.4, -0.2) is 17.9 Å². The summed E-state index contributed by atoms with van der Waals surface area (Å²) in [6.45, 7) is 2.14. The summed E-state index contributed by atoms with van der Waals surface area (Å²) in [7, 11) is 1.73. The minimum absolute atomic E-state index is 0.227. The van der Waals surface area contributed by atoms with E-state index in [9.17, 15) is 4.79 Å². The van der Waals surface area contributed by atoms with Gasteiger partial charge in [-0.1, -0.05) is 37.1 Å². The Morgan fingerprint density at radius 3 is 2.57 bits per heavy atom. The van der Waals surface area contributed by atoms with Gasteiger partial charge in [0.05, 0.1) is 10.6 Å². The summed E-state index contributed by atoms with van der Waals surface area (Å²) < 4.78 is 0. The highest BCUT2D eigenvalue weighted by Crippen LogP contribution is 2.20. The number of rotatable bonds is 5. The van der Waals surface area contributed by atoms with E-state index in [1.54, 1.807) is 13.1 Å². The van der Waals surface area contributed by atoms with E-state index in [-0.39, 0.29) is 5.91 Å². The van der Waals surface area contributed by atoms with E-state index in [4.69, 9.17) is 11.6 Å². The van der Waals surface area contributed by atoms with Gasteiger partial charge in [0.1, 0.15) is 5.82 Å². The molecule has 5 heteroatoms. The van der Waals surface area contributed by atoms with Crippen LogP contribution in [0, 0.1) is 0 Å². The molecule has 0 fully saturated rings. The minimum Gasteiger partial charge on any atom is -0.372 e. The maximum atomic E-state index is 12.1. The zero-order chi connectivity index (χ0) is 15.2. The Bertz CT molecular complexity index is 626. The lowest BCUT2D eigenvalue weighted by molar-refractivity contribution is 0.102. The lowest BCUT2D eigenvalue weighted by Crippen LogP contribution is -2.12. The number of benzene rings is 1. The van der Waals surface area contributed by atoms with Gasteiger partial charge in [-0.25, -0.2) is 4.98 Å². The number of nitrogens with one attached hydrogen (secondary N) is 2. The molecule has 1 aromatic heterocycles. The smallest absolute Gasteiger partial charge is 0.257 e. The van der Waals surface area contributed by atoms with Gasteiger partial charge in [-0.2, -0.15) is 0 Å². The van der Waals surface area contributed by atoms with Crippen molar-refractivity contribution < 1.29 is 4.79 Å². The molecule has 0 aliphatic heterocycles. The van der Waals surface area contributed by atoms with E-state index in [1.165, 1.54) is 11.8 Å². The molecule has 2 N–H and O–H groups in total. The Morgan fingerprint density at radius 1 is 1.29 bits per heavy atom. The second-order valence-corrected chi connectivity index (χ2v) is 5.11. The molecule has 21 heavy (non-hydrogen) atoms. The summed E-state index contributed by atoms with van der Waals surface area (Å²) in [5.41, 5.74) is 2.45. The number of amides is 1. The number of aromatic nitrogens is 1. The molecule has 0 saturated heterocycles. The summed E-state index contributed by atoms with van der Waals surface area (Å²) in [5, 5.41) is 6.11. The van der Waals surface area contributed by atoms with Crippen molar-refractivity contribution >= 4 is 29.0 Å². The number of carbonyl (C=O) groups excluding carboxylic acids is 1. The Hall–Kier alpha value is -2.07. The van der Waals surface area contributed by atoms with Gasteiger partial charge in [0, 0.05) is 18.9 Å². The van der Waals surface area contributed by atoms with Gasteiger partial charge >= 0.3 is 0 Å². The molecule has 0 atom stereocenters. The van der Waals surface area contributed by atoms with Crippen molar-refractivity contribution in [2.45, 2.75) is 19.8 Å². The standard InChI is InChI=1S/C16H18ClN3O/c1-3-4-11-5-7-13(8-6-11)20-16(21)12-9-14(17)15(18-2)19-10-12/h5-10H,3-4H2,1-2H3,(H,18,19)(H,20,21). The average molecular weight is 304 g/mol. The normalized spacial score (nSPS) is 10.2. The SMILES string of the molecule is CCCc1ccc(NC(=O)c2cnc(NC)c(Cl)c2)cc1. The Kier molecular flexibility index (Phi) is 5.17. The number of carbonyl (C=O) groups is 1. The van der Waals surface area contributed by atoms with E-state index >= 15 is 0 Å². The molecule has 0 bridgehead atoms. The van der Waals surface area contributed by atoms with Crippen LogP contribution >= 0.6 is 11.6 Å². The quantitative estimate of drug-likeness (QED) is 0.878. The fourth-order valence-electron chi connectivity index (χ4n) is 1.99. The molecule has 1 aromatic carbocycles. The molecule has 1 heterocycles. The van der Waals surface area contributed by atoms with Gasteiger partial charge in [-0.3, -0.25) is 4.79 Å². The Morgan fingerprint density at radius 2 is 2.00 bits per heavy atom. The van der Waals surface area contributed by atoms with Crippen molar-refractivity contribution in [2.75, 3.05) is 17.7 Å². The highest BCUT2D eigenvalue weighted by Gasteiger charge is 2.09. The summed E-state index contributed by atoms with van der Waals surface area (Å²) in [5.74, 6) is 0.326. The lowest BCUT2D eigenvalue weighted by Gasteiger charge is -2.08. The number of hydrogen-bond acceptors (Lipinski definition) is 3. The van der Waals surface area contributed by atoms with Gasteiger partial charge in [-0.15, -0.1) is 0 Å². The topological polar surface area (TPSA) is 54.0 Å². The number of nitrogens with zero attached hydrogens (tertiary/aromatic N) is 1. The highest BCUT2D eigenvalue weighted by atomic mass is 35.5. The van der Waals surface area contributed by atoms with Crippen LogP contribution in [-0.2, 0) is 6.42 Å². The van der Waals surface area contributed by atoms with Gasteiger partial charge in [-0.05, 0) is 30.2 Å². The third-order valence-electron chi connectivity index (χ3n) is 3.09. The molecule has 1 amide bonds. The minimum atomic E-state index is -0.227. The Balaban J connectivity index is 2.08. The van der Waals surface area contributed by atoms with Crippen LogP contribution in [0.5, 0.6) is 0 Å². The van der Waals surface area contributed by atoms with Crippen LogP contribution in [0.1, 0.15) is 29.3 Å². The number of aryl methyl sites for hydroxylation is 1. The maximum Gasteiger partial charge on any atom is 0.257 e. The zero-order valence-electron chi connectivity index (χ0n) is 12.1. The molecule has 0 radical (unpaired) electrons. The monoisotopic (exact) mass is 303 g/mol. The zero-order valence-corrected chi connectivity index (χ0v) is 12.9. The third kappa shape index (κ3) is 3.95. The van der Waals surface area contributed by atoms with Crippen molar-refractivity contribution in [3.63, 3.8) is 0 Å². The van der Waals surface area contributed by atoms with Crippen molar-refractivity contribution in [3.8, 4) is 0 Å². The first kappa shape index (κ1) is 15.3. The first-order valence-electron chi connectivity index (χ1n) is 6.87. The van der Waals surface area contributed by atoms with Gasteiger partial charge in [0.2, 0.25) is 0 Å². The molecule has 0 spiro atoms. The molecule has 4 nitrogen and oxygen atoms in total. The second kappa shape index (κ2) is 7.09. The van der Waals surface area contributed by atoms with Crippen LogP contribution < -0.4 is 10.6 Å². The third-order valence-corrected chi connectivity index (χ3v) is 3.38. The van der Waals surface area contributed by atoms with Crippen molar-refractivity contribution in [1.29, 1.82) is 0 Å². The van der Waals surface area contributed by atoms with Crippen molar-refractivity contribution in [1.82, 2.24) is 4.98 Å². The van der Waals surface area contributed by atoms with E-state index in [1.807, 2.05) is 24.3 Å². The van der Waals surface area contributed by atoms with Crippen LogP contribution in [0.15, 0.2) is 36.5 Å². The average Bonchev–Trinajstić information content (AvgIpc) is 2.49. The first-order valence-corrected chi connectivity index (χ1v) is 7.25. The second-order valence-electron chi connectivity index (χ2n) is 4.71. The summed E-state index contributed by atoms with van der Waals surface area (Å²) in [6, 6.07) is 9.45. The van der Waals surface area contributed by atoms with E-state index in [0.717, 1.165) is 18.5 Å². The largest absolute Gasteiger partial charge is 0.372 e. The predicted octanol–water partition coefficient (Wildman–Crippen LogP) is 3.98. The van der Waals surface area contributed by atoms with Crippen LogP contribution in [0.4, 0.5) is 11.5 Å². The highest BCUT2D eigenvalue weighted by molar-refractivity contribution is 6.33. The van der Waals surface area contributed by atoms with Gasteiger partial charge in [0.25, 0.3) is 5.91 Å². The molecule has 2 rings (SSSR count). The van der Waals surface area contributed by atoms with Crippen molar-refractivity contribution in [2.24, 2.45) is 0 Å². The number of hydrogen-bond donors (Lipinski definition) is 2. The Labute approximate surface area is 129 Å². The molecule has 110 valence electrons. The molecular weight excluding hydrogens is 286 g/mol. The maximum absolute atomic E-state index is 12.1. The summed E-state index contributed by atoms with van der Waals surface area (Å²) in [4.78, 5) is 16.2. The predicted molar refractivity (Wildman–Crippen MR) is 87.2 cm³/mol. The molecule has 0 unspecified atom stereocenters. The fourth-order valence-corrected chi connectivity index (χ4v) is 2.25. The molecular formula is C16H18ClN3O. The number of pyridine rings is 1. The lowest BCUT2D eigenvalue weighted by atomic mass is 10.1. The van der Waals surface area contributed by atoms with Crippen molar-refractivity contribution in [3.05, 3.63) is 52.7 Å². The fraction of sp³-hybridized carbons (Fsp3) is 0.250. The van der Waals surface area contributed by atoms with Crippen LogP contribution in [0.3, 0.4) is 0 Å². The molecule has 0 saturated carbocycles. The first-order chi connectivity index (χ1) is 10.1.